The lowest BCUT2D eigenvalue weighted by atomic mass is 10.1. The van der Waals surface area contributed by atoms with Crippen molar-refractivity contribution in [3.63, 3.8) is 0 Å². The van der Waals surface area contributed by atoms with E-state index in [0.717, 1.165) is 31.4 Å². The quantitative estimate of drug-likeness (QED) is 0.777. The van der Waals surface area contributed by atoms with E-state index < -0.39 is 11.7 Å². The highest BCUT2D eigenvalue weighted by Gasteiger charge is 2.30. The second kappa shape index (κ2) is 7.63. The molecule has 0 saturated carbocycles. The van der Waals surface area contributed by atoms with E-state index in [2.05, 4.69) is 4.98 Å². The van der Waals surface area contributed by atoms with Gasteiger partial charge in [-0.25, -0.2) is 9.78 Å². The fourth-order valence-corrected chi connectivity index (χ4v) is 2.55. The van der Waals surface area contributed by atoms with Gasteiger partial charge in [0.2, 0.25) is 5.88 Å². The van der Waals surface area contributed by atoms with Crippen LogP contribution in [0.2, 0.25) is 0 Å². The number of benzene rings is 1. The number of pyridine rings is 1. The number of carbonyl (C=O) groups is 1. The molecule has 1 fully saturated rings. The maximum Gasteiger partial charge on any atom is 0.417 e. The van der Waals surface area contributed by atoms with Gasteiger partial charge in [0.15, 0.2) is 0 Å². The number of rotatable bonds is 3. The third-order valence-corrected chi connectivity index (χ3v) is 3.93. The Balaban J connectivity index is 1.58. The Morgan fingerprint density at radius 2 is 1.62 bits per heavy atom. The third-order valence-electron chi connectivity index (χ3n) is 3.93. The predicted molar refractivity (Wildman–Crippen MR) is 87.2 cm³/mol. The van der Waals surface area contributed by atoms with Crippen molar-refractivity contribution in [3.8, 4) is 17.4 Å². The molecule has 0 radical (unpaired) electrons. The van der Waals surface area contributed by atoms with Gasteiger partial charge in [-0.1, -0.05) is 0 Å². The van der Waals surface area contributed by atoms with Gasteiger partial charge in [0.25, 0.3) is 0 Å². The SMILES string of the molecule is O=C(Oc1ccc(Oc2ccc(C(F)(F)F)cn2)cc1)N1CCCCC1. The summed E-state index contributed by atoms with van der Waals surface area (Å²) >= 11 is 0. The first-order chi connectivity index (χ1) is 12.4. The van der Waals surface area contributed by atoms with E-state index in [1.807, 2.05) is 0 Å². The van der Waals surface area contributed by atoms with Crippen LogP contribution in [0, 0.1) is 0 Å². The largest absolute Gasteiger partial charge is 0.439 e. The lowest BCUT2D eigenvalue weighted by molar-refractivity contribution is -0.137. The van der Waals surface area contributed by atoms with Gasteiger partial charge in [0.1, 0.15) is 11.5 Å². The van der Waals surface area contributed by atoms with Crippen molar-refractivity contribution >= 4 is 6.09 Å². The number of piperidine rings is 1. The molecule has 0 N–H and O–H groups in total. The molecule has 1 aliphatic heterocycles. The minimum Gasteiger partial charge on any atom is -0.439 e. The van der Waals surface area contributed by atoms with Crippen LogP contribution in [-0.2, 0) is 6.18 Å². The molecule has 3 rings (SSSR count). The van der Waals surface area contributed by atoms with Crippen molar-refractivity contribution in [1.82, 2.24) is 9.88 Å². The van der Waals surface area contributed by atoms with Crippen molar-refractivity contribution in [2.24, 2.45) is 0 Å². The topological polar surface area (TPSA) is 51.7 Å². The summed E-state index contributed by atoms with van der Waals surface area (Å²) in [6.07, 6.45) is -1.05. The minimum atomic E-state index is -4.44. The second-order valence-corrected chi connectivity index (χ2v) is 5.87. The maximum atomic E-state index is 12.5. The van der Waals surface area contributed by atoms with Crippen molar-refractivity contribution in [3.05, 3.63) is 48.2 Å². The van der Waals surface area contributed by atoms with E-state index in [1.165, 1.54) is 0 Å². The number of likely N-dealkylation sites (tertiary alicyclic amines) is 1. The second-order valence-electron chi connectivity index (χ2n) is 5.87. The predicted octanol–water partition coefficient (Wildman–Crippen LogP) is 4.88. The molecule has 2 heterocycles. The molecule has 0 bridgehead atoms. The zero-order chi connectivity index (χ0) is 18.6. The summed E-state index contributed by atoms with van der Waals surface area (Å²) in [6.45, 7) is 1.39. The number of carbonyl (C=O) groups excluding carboxylic acids is 1. The van der Waals surface area contributed by atoms with Gasteiger partial charge in [-0.3, -0.25) is 0 Å². The van der Waals surface area contributed by atoms with Crippen LogP contribution in [0.5, 0.6) is 17.4 Å². The number of ether oxygens (including phenoxy) is 2. The Bertz CT molecular complexity index is 740. The van der Waals surface area contributed by atoms with Crippen LogP contribution in [-0.4, -0.2) is 29.1 Å². The standard InChI is InChI=1S/C18H17F3N2O3/c19-18(20,21)13-4-9-16(22-12-13)25-14-5-7-15(8-6-14)26-17(24)23-10-2-1-3-11-23/h4-9,12H,1-3,10-11H2. The van der Waals surface area contributed by atoms with E-state index >= 15 is 0 Å². The first-order valence-corrected chi connectivity index (χ1v) is 8.20. The minimum absolute atomic E-state index is 0.0380. The number of hydrogen-bond acceptors (Lipinski definition) is 4. The summed E-state index contributed by atoms with van der Waals surface area (Å²) in [6, 6.07) is 8.27. The van der Waals surface area contributed by atoms with Gasteiger partial charge >= 0.3 is 12.3 Å². The van der Waals surface area contributed by atoms with E-state index in [-0.39, 0.29) is 12.0 Å². The summed E-state index contributed by atoms with van der Waals surface area (Å²) in [7, 11) is 0. The lowest BCUT2D eigenvalue weighted by Gasteiger charge is -2.25. The van der Waals surface area contributed by atoms with Gasteiger partial charge in [0, 0.05) is 25.4 Å². The van der Waals surface area contributed by atoms with E-state index in [0.29, 0.717) is 30.8 Å². The van der Waals surface area contributed by atoms with Gasteiger partial charge in [-0.2, -0.15) is 13.2 Å². The molecule has 1 amide bonds. The zero-order valence-electron chi connectivity index (χ0n) is 13.8. The Labute approximate surface area is 148 Å². The molecule has 0 unspecified atom stereocenters. The fraction of sp³-hybridized carbons (Fsp3) is 0.333. The van der Waals surface area contributed by atoms with Crippen molar-refractivity contribution in [1.29, 1.82) is 0 Å². The smallest absolute Gasteiger partial charge is 0.417 e. The summed E-state index contributed by atoms with van der Waals surface area (Å²) in [5.74, 6) is 0.777. The Hall–Kier alpha value is -2.77. The normalized spacial score (nSPS) is 14.8. The molecule has 8 heteroatoms. The maximum absolute atomic E-state index is 12.5. The van der Waals surface area contributed by atoms with Crippen molar-refractivity contribution in [2.75, 3.05) is 13.1 Å². The van der Waals surface area contributed by atoms with E-state index in [4.69, 9.17) is 9.47 Å². The molecule has 2 aromatic rings. The Morgan fingerprint density at radius 3 is 2.19 bits per heavy atom. The fourth-order valence-electron chi connectivity index (χ4n) is 2.55. The highest BCUT2D eigenvalue weighted by atomic mass is 19.4. The van der Waals surface area contributed by atoms with Crippen LogP contribution in [0.4, 0.5) is 18.0 Å². The third kappa shape index (κ3) is 4.65. The van der Waals surface area contributed by atoms with Crippen LogP contribution < -0.4 is 9.47 Å². The monoisotopic (exact) mass is 366 g/mol. The molecule has 1 aromatic heterocycles. The van der Waals surface area contributed by atoms with Crippen LogP contribution in [0.25, 0.3) is 0 Å². The Kier molecular flexibility index (Phi) is 5.29. The van der Waals surface area contributed by atoms with Crippen LogP contribution in [0.3, 0.4) is 0 Å². The highest BCUT2D eigenvalue weighted by Crippen LogP contribution is 2.30. The van der Waals surface area contributed by atoms with Gasteiger partial charge in [-0.05, 0) is 49.6 Å². The summed E-state index contributed by atoms with van der Waals surface area (Å²) in [5.41, 5.74) is -0.843. The average molecular weight is 366 g/mol. The molecule has 0 aliphatic carbocycles. The van der Waals surface area contributed by atoms with Crippen molar-refractivity contribution in [2.45, 2.75) is 25.4 Å². The van der Waals surface area contributed by atoms with E-state index in [1.54, 1.807) is 29.2 Å². The highest BCUT2D eigenvalue weighted by molar-refractivity contribution is 5.70. The molecule has 138 valence electrons. The van der Waals surface area contributed by atoms with Crippen LogP contribution in [0.15, 0.2) is 42.6 Å². The first-order valence-electron chi connectivity index (χ1n) is 8.20. The lowest BCUT2D eigenvalue weighted by Crippen LogP contribution is -2.37. The number of alkyl halides is 3. The molecule has 5 nitrogen and oxygen atoms in total. The average Bonchev–Trinajstić information content (AvgIpc) is 2.64. The van der Waals surface area contributed by atoms with Gasteiger partial charge < -0.3 is 14.4 Å². The number of nitrogens with zero attached hydrogens (tertiary/aromatic N) is 2. The number of halogens is 3. The summed E-state index contributed by atoms with van der Waals surface area (Å²) < 4.78 is 48.2. The molecule has 26 heavy (non-hydrogen) atoms. The molecule has 0 spiro atoms. The molecule has 1 aliphatic rings. The van der Waals surface area contributed by atoms with Crippen LogP contribution in [0.1, 0.15) is 24.8 Å². The number of hydrogen-bond donors (Lipinski definition) is 0. The van der Waals surface area contributed by atoms with Gasteiger partial charge in [-0.15, -0.1) is 0 Å². The molecular weight excluding hydrogens is 349 g/mol. The molecule has 1 aromatic carbocycles. The zero-order valence-corrected chi connectivity index (χ0v) is 13.8. The molecule has 0 atom stereocenters. The molecular formula is C18H17F3N2O3. The van der Waals surface area contributed by atoms with Crippen molar-refractivity contribution < 1.29 is 27.4 Å². The number of aromatic nitrogens is 1. The van der Waals surface area contributed by atoms with E-state index in [9.17, 15) is 18.0 Å². The summed E-state index contributed by atoms with van der Waals surface area (Å²) in [4.78, 5) is 17.3. The Morgan fingerprint density at radius 1 is 0.962 bits per heavy atom. The number of amides is 1. The molecule has 1 saturated heterocycles. The summed E-state index contributed by atoms with van der Waals surface area (Å²) in [5, 5.41) is 0. The van der Waals surface area contributed by atoms with Gasteiger partial charge in [0.05, 0.1) is 5.56 Å². The van der Waals surface area contributed by atoms with Crippen LogP contribution >= 0.6 is 0 Å². The first kappa shape index (κ1) is 18.0.